The summed E-state index contributed by atoms with van der Waals surface area (Å²) < 4.78 is 37.6. The topological polar surface area (TPSA) is 45.8 Å². The van der Waals surface area contributed by atoms with Crippen molar-refractivity contribution in [3.05, 3.63) is 34.2 Å². The standard InChI is InChI=1S/C9H7F3N2O/c10-9(11,12)7-2-3-8(15)14(6-7)5-1-4-13/h2-3,6H,1,5H2. The van der Waals surface area contributed by atoms with Gasteiger partial charge in [-0.2, -0.15) is 18.4 Å². The zero-order chi connectivity index (χ0) is 11.5. The number of hydrogen-bond acceptors (Lipinski definition) is 2. The lowest BCUT2D eigenvalue weighted by molar-refractivity contribution is -0.138. The fraction of sp³-hybridized carbons (Fsp3) is 0.333. The number of hydrogen-bond donors (Lipinski definition) is 0. The summed E-state index contributed by atoms with van der Waals surface area (Å²) in [4.78, 5) is 11.1. The smallest absolute Gasteiger partial charge is 0.314 e. The van der Waals surface area contributed by atoms with Crippen LogP contribution in [0.4, 0.5) is 13.2 Å². The quantitative estimate of drug-likeness (QED) is 0.756. The van der Waals surface area contributed by atoms with Gasteiger partial charge in [-0.05, 0) is 6.07 Å². The molecule has 0 unspecified atom stereocenters. The number of aryl methyl sites for hydroxylation is 1. The second-order valence-electron chi connectivity index (χ2n) is 2.86. The predicted molar refractivity (Wildman–Crippen MR) is 45.9 cm³/mol. The van der Waals surface area contributed by atoms with Gasteiger partial charge >= 0.3 is 6.18 Å². The second-order valence-corrected chi connectivity index (χ2v) is 2.86. The van der Waals surface area contributed by atoms with Gasteiger partial charge in [0.05, 0.1) is 18.1 Å². The summed E-state index contributed by atoms with van der Waals surface area (Å²) in [5, 5.41) is 8.26. The summed E-state index contributed by atoms with van der Waals surface area (Å²) in [6.45, 7) is -0.0285. The number of alkyl halides is 3. The number of halogens is 3. The molecule has 0 aliphatic heterocycles. The molecule has 1 aromatic rings. The van der Waals surface area contributed by atoms with Crippen molar-refractivity contribution < 1.29 is 13.2 Å². The SMILES string of the molecule is N#CCCn1cc(C(F)(F)F)ccc1=O. The van der Waals surface area contributed by atoms with E-state index in [0.717, 1.165) is 22.9 Å². The lowest BCUT2D eigenvalue weighted by atomic mass is 10.2. The van der Waals surface area contributed by atoms with Crippen molar-refractivity contribution in [2.75, 3.05) is 0 Å². The maximum absolute atomic E-state index is 12.2. The normalized spacial score (nSPS) is 11.1. The van der Waals surface area contributed by atoms with E-state index in [2.05, 4.69) is 0 Å². The van der Waals surface area contributed by atoms with E-state index in [9.17, 15) is 18.0 Å². The molecule has 0 radical (unpaired) electrons. The molecular weight excluding hydrogens is 209 g/mol. The zero-order valence-electron chi connectivity index (χ0n) is 7.58. The van der Waals surface area contributed by atoms with Gasteiger partial charge in [-0.3, -0.25) is 4.79 Å². The van der Waals surface area contributed by atoms with Crippen LogP contribution < -0.4 is 5.56 Å². The van der Waals surface area contributed by atoms with Crippen molar-refractivity contribution in [3.8, 4) is 6.07 Å². The molecule has 1 aromatic heterocycles. The van der Waals surface area contributed by atoms with E-state index in [0.29, 0.717) is 0 Å². The molecule has 0 spiro atoms. The van der Waals surface area contributed by atoms with E-state index in [1.165, 1.54) is 0 Å². The van der Waals surface area contributed by atoms with Crippen molar-refractivity contribution >= 4 is 0 Å². The molecule has 0 aliphatic rings. The Morgan fingerprint density at radius 1 is 1.40 bits per heavy atom. The lowest BCUT2D eigenvalue weighted by Crippen LogP contribution is -2.21. The number of aromatic nitrogens is 1. The van der Waals surface area contributed by atoms with Crippen LogP contribution in [0.25, 0.3) is 0 Å². The Hall–Kier alpha value is -1.77. The number of nitrogens with zero attached hydrogens (tertiary/aromatic N) is 2. The molecule has 1 rings (SSSR count). The van der Waals surface area contributed by atoms with Crippen LogP contribution in [0.5, 0.6) is 0 Å². The third kappa shape index (κ3) is 2.84. The average molecular weight is 216 g/mol. The Balaban J connectivity index is 3.07. The molecule has 3 nitrogen and oxygen atoms in total. The minimum Gasteiger partial charge on any atom is -0.314 e. The molecule has 0 aliphatic carbocycles. The molecule has 0 N–H and O–H groups in total. The van der Waals surface area contributed by atoms with Crippen molar-refractivity contribution in [2.45, 2.75) is 19.1 Å². The molecule has 1 heterocycles. The van der Waals surface area contributed by atoms with E-state index in [4.69, 9.17) is 5.26 Å². The highest BCUT2D eigenvalue weighted by Crippen LogP contribution is 2.27. The molecule has 0 atom stereocenters. The van der Waals surface area contributed by atoms with Gasteiger partial charge < -0.3 is 4.57 Å². The largest absolute Gasteiger partial charge is 0.417 e. The molecule has 0 aromatic carbocycles. The molecule has 0 saturated heterocycles. The Bertz CT molecular complexity index is 442. The molecule has 6 heteroatoms. The van der Waals surface area contributed by atoms with Crippen molar-refractivity contribution in [2.24, 2.45) is 0 Å². The van der Waals surface area contributed by atoms with Gasteiger partial charge in [0.2, 0.25) is 0 Å². The Labute approximate surface area is 83.4 Å². The average Bonchev–Trinajstić information content (AvgIpc) is 2.15. The van der Waals surface area contributed by atoms with Gasteiger partial charge in [0.15, 0.2) is 0 Å². The Morgan fingerprint density at radius 2 is 2.07 bits per heavy atom. The third-order valence-electron chi connectivity index (χ3n) is 1.78. The van der Waals surface area contributed by atoms with Gasteiger partial charge in [-0.25, -0.2) is 0 Å². The second kappa shape index (κ2) is 4.17. The first kappa shape index (κ1) is 11.3. The van der Waals surface area contributed by atoms with Crippen LogP contribution in [0.1, 0.15) is 12.0 Å². The van der Waals surface area contributed by atoms with Gasteiger partial charge in [-0.15, -0.1) is 0 Å². The van der Waals surface area contributed by atoms with Crippen LogP contribution in [-0.4, -0.2) is 4.57 Å². The van der Waals surface area contributed by atoms with Gasteiger partial charge in [0, 0.05) is 18.8 Å². The summed E-state index contributed by atoms with van der Waals surface area (Å²) in [6.07, 6.45) is -3.75. The predicted octanol–water partition coefficient (Wildman–Crippen LogP) is 1.78. The molecule has 80 valence electrons. The first-order valence-electron chi connectivity index (χ1n) is 4.10. The molecule has 0 fully saturated rings. The monoisotopic (exact) mass is 216 g/mol. The molecular formula is C9H7F3N2O. The Kier molecular flexibility index (Phi) is 3.14. The number of rotatable bonds is 2. The summed E-state index contributed by atoms with van der Waals surface area (Å²) in [5.41, 5.74) is -1.43. The van der Waals surface area contributed by atoms with Crippen LogP contribution in [0.2, 0.25) is 0 Å². The summed E-state index contributed by atoms with van der Waals surface area (Å²) in [5.74, 6) is 0. The summed E-state index contributed by atoms with van der Waals surface area (Å²) in [7, 11) is 0. The minimum absolute atomic E-state index is 0.00121. The van der Waals surface area contributed by atoms with E-state index in [1.807, 2.05) is 0 Å². The third-order valence-corrected chi connectivity index (χ3v) is 1.78. The lowest BCUT2D eigenvalue weighted by Gasteiger charge is -2.09. The first-order valence-corrected chi connectivity index (χ1v) is 4.10. The Morgan fingerprint density at radius 3 is 2.60 bits per heavy atom. The van der Waals surface area contributed by atoms with Crippen molar-refractivity contribution in [1.82, 2.24) is 4.57 Å². The van der Waals surface area contributed by atoms with Gasteiger partial charge in [-0.1, -0.05) is 0 Å². The van der Waals surface area contributed by atoms with Crippen molar-refractivity contribution in [1.29, 1.82) is 5.26 Å². The van der Waals surface area contributed by atoms with Crippen LogP contribution in [0.3, 0.4) is 0 Å². The molecule has 0 amide bonds. The fourth-order valence-electron chi connectivity index (χ4n) is 1.04. The summed E-state index contributed by atoms with van der Waals surface area (Å²) in [6, 6.07) is 3.34. The van der Waals surface area contributed by atoms with E-state index in [-0.39, 0.29) is 13.0 Å². The maximum Gasteiger partial charge on any atom is 0.417 e. The minimum atomic E-state index is -4.47. The van der Waals surface area contributed by atoms with E-state index in [1.54, 1.807) is 6.07 Å². The molecule has 0 bridgehead atoms. The first-order chi connectivity index (χ1) is 6.95. The number of pyridine rings is 1. The highest BCUT2D eigenvalue weighted by atomic mass is 19.4. The zero-order valence-corrected chi connectivity index (χ0v) is 7.58. The van der Waals surface area contributed by atoms with Crippen molar-refractivity contribution in [3.63, 3.8) is 0 Å². The van der Waals surface area contributed by atoms with Crippen LogP contribution >= 0.6 is 0 Å². The van der Waals surface area contributed by atoms with E-state index >= 15 is 0 Å². The van der Waals surface area contributed by atoms with E-state index < -0.39 is 17.3 Å². The molecule has 0 saturated carbocycles. The van der Waals surface area contributed by atoms with Crippen LogP contribution in [0, 0.1) is 11.3 Å². The number of nitriles is 1. The van der Waals surface area contributed by atoms with Gasteiger partial charge in [0.1, 0.15) is 0 Å². The highest BCUT2D eigenvalue weighted by molar-refractivity contribution is 5.13. The van der Waals surface area contributed by atoms with Crippen LogP contribution in [-0.2, 0) is 12.7 Å². The fourth-order valence-corrected chi connectivity index (χ4v) is 1.04. The van der Waals surface area contributed by atoms with Crippen LogP contribution in [0.15, 0.2) is 23.1 Å². The molecule has 15 heavy (non-hydrogen) atoms. The summed E-state index contributed by atoms with van der Waals surface area (Å²) >= 11 is 0. The highest BCUT2D eigenvalue weighted by Gasteiger charge is 2.30. The van der Waals surface area contributed by atoms with Gasteiger partial charge in [0.25, 0.3) is 5.56 Å². The maximum atomic E-state index is 12.2.